The molecular formula is C46H36ClN9O9S4. The number of para-hydroxylation sites is 6. The number of thiophene rings is 1. The average molecular weight is 1020 g/mol. The number of furan rings is 1. The van der Waals surface area contributed by atoms with Crippen molar-refractivity contribution in [3.8, 4) is 11.8 Å². The highest BCUT2D eigenvalue weighted by molar-refractivity contribution is 7.94. The molecule has 0 saturated carbocycles. The van der Waals surface area contributed by atoms with Gasteiger partial charge in [0.1, 0.15) is 16.6 Å². The first-order valence-electron chi connectivity index (χ1n) is 20.1. The summed E-state index contributed by atoms with van der Waals surface area (Å²) in [5.74, 6) is 0.901. The Bertz CT molecular complexity index is 3710. The minimum absolute atomic E-state index is 0.00760. The summed E-state index contributed by atoms with van der Waals surface area (Å²) in [6.45, 7) is 0.105. The molecule has 0 spiro atoms. The number of anilines is 3. The predicted molar refractivity (Wildman–Crippen MR) is 263 cm³/mol. The number of nitrogens with zero attached hydrogens (tertiary/aromatic N) is 6. The molecule has 0 aliphatic rings. The SMILES string of the molecule is COc1nc2ccccc2nc1NS(=O)(=O)c1ccccc1.O=S(=O)(Nc1nc2ccccc2nc1Cl)c1ccccc1.O=S(=O)(Nc1nc2ccccc2nc1OCc1ccco1)c1cccs1. The Hall–Kier alpha value is -7.76. The zero-order chi connectivity index (χ0) is 48.4. The first-order chi connectivity index (χ1) is 33.3. The van der Waals surface area contributed by atoms with Gasteiger partial charge in [0.05, 0.1) is 56.3 Å². The molecule has 0 bridgehead atoms. The van der Waals surface area contributed by atoms with E-state index in [-0.39, 0.29) is 55.0 Å². The van der Waals surface area contributed by atoms with Gasteiger partial charge in [-0.3, -0.25) is 14.2 Å². The molecule has 0 fully saturated rings. The normalized spacial score (nSPS) is 11.4. The number of rotatable bonds is 13. The van der Waals surface area contributed by atoms with E-state index < -0.39 is 30.1 Å². The van der Waals surface area contributed by atoms with Crippen LogP contribution < -0.4 is 23.6 Å². The molecule has 0 radical (unpaired) electrons. The van der Waals surface area contributed by atoms with Gasteiger partial charge in [-0.2, -0.15) is 0 Å². The van der Waals surface area contributed by atoms with E-state index >= 15 is 0 Å². The van der Waals surface area contributed by atoms with Crippen molar-refractivity contribution in [1.82, 2.24) is 29.9 Å². The minimum atomic E-state index is -3.77. The monoisotopic (exact) mass is 1020 g/mol. The Morgan fingerprint density at radius 1 is 0.493 bits per heavy atom. The maximum Gasteiger partial charge on any atom is 0.272 e. The molecule has 69 heavy (non-hydrogen) atoms. The molecule has 0 atom stereocenters. The van der Waals surface area contributed by atoms with Crippen molar-refractivity contribution in [3.63, 3.8) is 0 Å². The summed E-state index contributed by atoms with van der Waals surface area (Å²) < 4.78 is 97.8. The van der Waals surface area contributed by atoms with Gasteiger partial charge in [-0.05, 0) is 84.2 Å². The van der Waals surface area contributed by atoms with Crippen LogP contribution in [0.5, 0.6) is 11.8 Å². The maximum absolute atomic E-state index is 12.5. The number of ether oxygens (including phenoxy) is 2. The highest BCUT2D eigenvalue weighted by Gasteiger charge is 2.22. The van der Waals surface area contributed by atoms with Crippen LogP contribution in [-0.4, -0.2) is 62.3 Å². The van der Waals surface area contributed by atoms with Gasteiger partial charge in [-0.15, -0.1) is 11.3 Å². The predicted octanol–water partition coefficient (Wildman–Crippen LogP) is 9.19. The second-order valence-corrected chi connectivity index (χ2v) is 20.6. The van der Waals surface area contributed by atoms with Gasteiger partial charge in [-0.25, -0.2) is 55.2 Å². The zero-order valence-electron chi connectivity index (χ0n) is 35.7. The fourth-order valence-electron chi connectivity index (χ4n) is 6.09. The highest BCUT2D eigenvalue weighted by Crippen LogP contribution is 2.29. The Kier molecular flexibility index (Phi) is 14.6. The van der Waals surface area contributed by atoms with Gasteiger partial charge in [0, 0.05) is 0 Å². The third kappa shape index (κ3) is 11.9. The molecule has 0 aliphatic heterocycles. The van der Waals surface area contributed by atoms with Gasteiger partial charge in [0.2, 0.25) is 11.6 Å². The van der Waals surface area contributed by atoms with Crippen molar-refractivity contribution < 1.29 is 39.1 Å². The van der Waals surface area contributed by atoms with E-state index in [1.54, 1.807) is 121 Å². The molecule has 10 rings (SSSR count). The number of fused-ring (bicyclic) bond motifs is 3. The lowest BCUT2D eigenvalue weighted by Crippen LogP contribution is -2.15. The van der Waals surface area contributed by atoms with Crippen LogP contribution in [0.2, 0.25) is 5.15 Å². The number of benzene rings is 5. The summed E-state index contributed by atoms with van der Waals surface area (Å²) in [6.07, 6.45) is 1.53. The summed E-state index contributed by atoms with van der Waals surface area (Å²) in [5, 5.41) is 1.70. The third-order valence-corrected chi connectivity index (χ3v) is 15.0. The van der Waals surface area contributed by atoms with E-state index in [0.717, 1.165) is 11.3 Å². The summed E-state index contributed by atoms with van der Waals surface area (Å²) in [7, 11) is -9.84. The number of aromatic nitrogens is 6. The average Bonchev–Trinajstić information content (AvgIpc) is 4.11. The quantitative estimate of drug-likeness (QED) is 0.0974. The van der Waals surface area contributed by atoms with Crippen molar-refractivity contribution in [2.45, 2.75) is 20.6 Å². The minimum Gasteiger partial charge on any atom is -0.478 e. The van der Waals surface area contributed by atoms with Crippen molar-refractivity contribution in [2.24, 2.45) is 0 Å². The van der Waals surface area contributed by atoms with E-state index in [4.69, 9.17) is 25.5 Å². The Morgan fingerprint density at radius 3 is 1.41 bits per heavy atom. The summed E-state index contributed by atoms with van der Waals surface area (Å²) in [4.78, 5) is 25.9. The first-order valence-corrected chi connectivity index (χ1v) is 25.9. The van der Waals surface area contributed by atoms with E-state index in [1.165, 1.54) is 43.7 Å². The number of methoxy groups -OCH3 is 1. The lowest BCUT2D eigenvalue weighted by atomic mass is 10.3. The fraction of sp³-hybridized carbons (Fsp3) is 0.0435. The summed E-state index contributed by atoms with van der Waals surface area (Å²) in [5.41, 5.74) is 3.52. The van der Waals surface area contributed by atoms with Crippen LogP contribution in [0.15, 0.2) is 188 Å². The van der Waals surface area contributed by atoms with Gasteiger partial charge in [-0.1, -0.05) is 90.5 Å². The molecule has 350 valence electrons. The molecular weight excluding hydrogens is 986 g/mol. The lowest BCUT2D eigenvalue weighted by molar-refractivity contribution is 0.262. The largest absolute Gasteiger partial charge is 0.478 e. The van der Waals surface area contributed by atoms with Crippen LogP contribution in [0.1, 0.15) is 5.76 Å². The lowest BCUT2D eigenvalue weighted by Gasteiger charge is -2.12. The molecule has 0 saturated heterocycles. The van der Waals surface area contributed by atoms with E-state index in [0.29, 0.717) is 38.9 Å². The second kappa shape index (κ2) is 21.0. The molecule has 5 aromatic heterocycles. The first kappa shape index (κ1) is 47.7. The molecule has 0 amide bonds. The van der Waals surface area contributed by atoms with Crippen LogP contribution in [0, 0.1) is 0 Å². The molecule has 10 aromatic rings. The summed E-state index contributed by atoms with van der Waals surface area (Å²) in [6, 6.07) is 44.1. The third-order valence-electron chi connectivity index (χ3n) is 9.29. The van der Waals surface area contributed by atoms with Crippen molar-refractivity contribution in [3.05, 3.63) is 180 Å². The molecule has 18 nitrogen and oxygen atoms in total. The maximum atomic E-state index is 12.5. The zero-order valence-corrected chi connectivity index (χ0v) is 39.8. The van der Waals surface area contributed by atoms with Gasteiger partial charge in [0.15, 0.2) is 11.0 Å². The van der Waals surface area contributed by atoms with Crippen molar-refractivity contribution >= 4 is 104 Å². The fourth-order valence-corrected chi connectivity index (χ4v) is 10.4. The van der Waals surface area contributed by atoms with Crippen LogP contribution in [0.4, 0.5) is 17.5 Å². The molecule has 23 heteroatoms. The number of sulfonamides is 3. The number of hydrogen-bond donors (Lipinski definition) is 3. The Morgan fingerprint density at radius 2 is 0.928 bits per heavy atom. The molecule has 0 unspecified atom stereocenters. The number of halogens is 1. The van der Waals surface area contributed by atoms with Crippen molar-refractivity contribution in [2.75, 3.05) is 21.3 Å². The standard InChI is InChI=1S/C17H13N3O4S2.C15H13N3O3S.C14H10ClN3O2S/c21-26(22,15-8-4-10-25-15)20-16-17(24-11-12-5-3-9-23-12)19-14-7-2-1-6-13(14)18-16;1-21-15-14(16-12-9-5-6-10-13(12)17-15)18-22(19,20)11-7-3-2-4-8-11;15-13-14(17-12-9-5-4-8-11(12)16-13)18-21(19,20)10-6-2-1-3-7-10/h1-10H,11H2,(H,18,20);2-10H,1H3,(H,16,18);1-9H,(H,17,18). The topological polar surface area (TPSA) is 247 Å². The van der Waals surface area contributed by atoms with Crippen LogP contribution >= 0.6 is 22.9 Å². The number of nitrogens with one attached hydrogen (secondary N) is 3. The molecule has 0 aliphatic carbocycles. The van der Waals surface area contributed by atoms with E-state index in [9.17, 15) is 25.3 Å². The van der Waals surface area contributed by atoms with Crippen LogP contribution in [0.3, 0.4) is 0 Å². The van der Waals surface area contributed by atoms with Gasteiger partial charge < -0.3 is 13.9 Å². The molecule has 5 heterocycles. The van der Waals surface area contributed by atoms with E-state index in [2.05, 4.69) is 44.1 Å². The number of hydrogen-bond acceptors (Lipinski definition) is 16. The van der Waals surface area contributed by atoms with Crippen LogP contribution in [0.25, 0.3) is 33.1 Å². The molecule has 3 N–H and O–H groups in total. The Balaban J connectivity index is 0.000000141. The van der Waals surface area contributed by atoms with Gasteiger partial charge in [0.25, 0.3) is 41.8 Å². The second-order valence-electron chi connectivity index (χ2n) is 14.0. The van der Waals surface area contributed by atoms with E-state index in [1.807, 2.05) is 12.1 Å². The van der Waals surface area contributed by atoms with Crippen molar-refractivity contribution in [1.29, 1.82) is 0 Å². The van der Waals surface area contributed by atoms with Crippen LogP contribution in [-0.2, 0) is 36.7 Å². The summed E-state index contributed by atoms with van der Waals surface area (Å²) >= 11 is 7.11. The smallest absolute Gasteiger partial charge is 0.272 e. The Labute approximate surface area is 404 Å². The van der Waals surface area contributed by atoms with Gasteiger partial charge >= 0.3 is 0 Å². The highest BCUT2D eigenvalue weighted by atomic mass is 35.5. The molecule has 5 aromatic carbocycles.